The number of hydrogen-bond donors (Lipinski definition) is 2. The first-order valence-corrected chi connectivity index (χ1v) is 5.49. The lowest BCUT2D eigenvalue weighted by molar-refractivity contribution is -0.140. The van der Waals surface area contributed by atoms with E-state index in [4.69, 9.17) is 5.11 Å². The second-order valence-corrected chi connectivity index (χ2v) is 4.15. The molecule has 0 spiro atoms. The van der Waals surface area contributed by atoms with Crippen LogP contribution in [-0.4, -0.2) is 23.7 Å². The molecule has 0 rings (SSSR count). The van der Waals surface area contributed by atoms with Crippen molar-refractivity contribution in [1.29, 1.82) is 0 Å². The molecule has 0 saturated heterocycles. The smallest absolute Gasteiger partial charge is 0.320 e. The number of aliphatic carboxylic acids is 1. The van der Waals surface area contributed by atoms with Crippen LogP contribution in [0.25, 0.3) is 0 Å². The maximum atomic E-state index is 10.9. The monoisotopic (exact) mass is 201 g/mol. The quantitative estimate of drug-likeness (QED) is 0.663. The number of nitrogens with one attached hydrogen (secondary N) is 1. The molecule has 0 aromatic rings. The van der Waals surface area contributed by atoms with E-state index in [2.05, 4.69) is 19.2 Å². The largest absolute Gasteiger partial charge is 0.480 e. The summed E-state index contributed by atoms with van der Waals surface area (Å²) >= 11 is 0. The Hall–Kier alpha value is -0.570. The molecule has 3 nitrogen and oxygen atoms in total. The highest BCUT2D eigenvalue weighted by atomic mass is 16.4. The normalized spacial score (nSPS) is 13.6. The van der Waals surface area contributed by atoms with Crippen LogP contribution >= 0.6 is 0 Å². The molecule has 0 fully saturated rings. The van der Waals surface area contributed by atoms with Crippen molar-refractivity contribution in [1.82, 2.24) is 5.32 Å². The molecule has 1 atom stereocenters. The van der Waals surface area contributed by atoms with E-state index in [1.807, 2.05) is 13.8 Å². The minimum atomic E-state index is -0.744. The van der Waals surface area contributed by atoms with Crippen LogP contribution < -0.4 is 5.32 Å². The highest BCUT2D eigenvalue weighted by Gasteiger charge is 2.21. The molecule has 0 aromatic heterocycles. The topological polar surface area (TPSA) is 49.3 Å². The molecule has 0 aliphatic heterocycles. The second kappa shape index (κ2) is 6.82. The summed E-state index contributed by atoms with van der Waals surface area (Å²) in [6.07, 6.45) is 2.21. The summed E-state index contributed by atoms with van der Waals surface area (Å²) < 4.78 is 0. The molecule has 14 heavy (non-hydrogen) atoms. The van der Waals surface area contributed by atoms with E-state index < -0.39 is 12.0 Å². The van der Waals surface area contributed by atoms with Crippen molar-refractivity contribution in [3.05, 3.63) is 0 Å². The van der Waals surface area contributed by atoms with Gasteiger partial charge in [-0.05, 0) is 18.4 Å². The third kappa shape index (κ3) is 4.61. The Morgan fingerprint density at radius 3 is 2.07 bits per heavy atom. The summed E-state index contributed by atoms with van der Waals surface area (Å²) in [5.41, 5.74) is 0. The lowest BCUT2D eigenvalue weighted by Crippen LogP contribution is -2.43. The van der Waals surface area contributed by atoms with Gasteiger partial charge in [0.2, 0.25) is 0 Å². The molecule has 0 saturated carbocycles. The predicted octanol–water partition coefficient (Wildman–Crippen LogP) is 2.12. The van der Waals surface area contributed by atoms with Gasteiger partial charge in [-0.15, -0.1) is 0 Å². The van der Waals surface area contributed by atoms with Gasteiger partial charge >= 0.3 is 5.97 Å². The zero-order chi connectivity index (χ0) is 11.1. The Morgan fingerprint density at radius 2 is 1.79 bits per heavy atom. The Balaban J connectivity index is 3.99. The van der Waals surface area contributed by atoms with E-state index in [0.717, 1.165) is 19.4 Å². The van der Waals surface area contributed by atoms with Crippen LogP contribution in [0.5, 0.6) is 0 Å². The van der Waals surface area contributed by atoms with Gasteiger partial charge in [0.05, 0.1) is 0 Å². The van der Waals surface area contributed by atoms with Gasteiger partial charge in [0, 0.05) is 0 Å². The molecule has 0 heterocycles. The van der Waals surface area contributed by atoms with Gasteiger partial charge in [0.1, 0.15) is 6.04 Å². The molecule has 2 N–H and O–H groups in total. The van der Waals surface area contributed by atoms with Crippen LogP contribution in [0, 0.1) is 11.8 Å². The first-order valence-electron chi connectivity index (χ1n) is 5.49. The van der Waals surface area contributed by atoms with Gasteiger partial charge in [-0.25, -0.2) is 0 Å². The van der Waals surface area contributed by atoms with Crippen LogP contribution in [-0.2, 0) is 4.79 Å². The molecule has 1 unspecified atom stereocenters. The van der Waals surface area contributed by atoms with Crippen molar-refractivity contribution in [3.63, 3.8) is 0 Å². The fourth-order valence-electron chi connectivity index (χ4n) is 1.48. The third-order valence-electron chi connectivity index (χ3n) is 2.71. The van der Waals surface area contributed by atoms with Gasteiger partial charge in [-0.2, -0.15) is 0 Å². The van der Waals surface area contributed by atoms with Crippen LogP contribution in [0.3, 0.4) is 0 Å². The average Bonchev–Trinajstić information content (AvgIpc) is 2.11. The highest BCUT2D eigenvalue weighted by molar-refractivity contribution is 5.73. The summed E-state index contributed by atoms with van der Waals surface area (Å²) in [5, 5.41) is 12.1. The lowest BCUT2D eigenvalue weighted by Gasteiger charge is -2.21. The summed E-state index contributed by atoms with van der Waals surface area (Å²) in [4.78, 5) is 10.9. The predicted molar refractivity (Wildman–Crippen MR) is 58.3 cm³/mol. The molecule has 0 aliphatic carbocycles. The lowest BCUT2D eigenvalue weighted by atomic mass is 10.0. The Morgan fingerprint density at radius 1 is 1.29 bits per heavy atom. The van der Waals surface area contributed by atoms with E-state index in [9.17, 15) is 4.79 Å². The molecule has 0 bridgehead atoms. The van der Waals surface area contributed by atoms with E-state index in [1.54, 1.807) is 0 Å². The number of carbonyl (C=O) groups is 1. The summed E-state index contributed by atoms with van der Waals surface area (Å²) in [5.74, 6) is -0.0107. The molecule has 0 amide bonds. The molecule has 84 valence electrons. The molecular formula is C11H23NO2. The number of carboxylic acids is 1. The highest BCUT2D eigenvalue weighted by Crippen LogP contribution is 2.08. The summed E-state index contributed by atoms with van der Waals surface area (Å²) in [7, 11) is 0. The average molecular weight is 201 g/mol. The Labute approximate surface area is 86.9 Å². The van der Waals surface area contributed by atoms with Crippen molar-refractivity contribution in [2.45, 2.75) is 46.6 Å². The maximum Gasteiger partial charge on any atom is 0.320 e. The molecule has 0 aromatic carbocycles. The molecule has 0 aliphatic rings. The Kier molecular flexibility index (Phi) is 6.54. The number of carboxylic acid groups (broad SMARTS) is 1. The molecule has 3 heteroatoms. The van der Waals surface area contributed by atoms with Gasteiger partial charge in [-0.3, -0.25) is 4.79 Å². The van der Waals surface area contributed by atoms with Crippen molar-refractivity contribution < 1.29 is 9.90 Å². The van der Waals surface area contributed by atoms with Gasteiger partial charge in [-0.1, -0.05) is 40.5 Å². The summed E-state index contributed by atoms with van der Waals surface area (Å²) in [6.45, 7) is 8.95. The molecule has 0 radical (unpaired) electrons. The van der Waals surface area contributed by atoms with Gasteiger partial charge in [0.15, 0.2) is 0 Å². The van der Waals surface area contributed by atoms with Crippen LogP contribution in [0.1, 0.15) is 40.5 Å². The third-order valence-corrected chi connectivity index (χ3v) is 2.71. The Bertz CT molecular complexity index is 165. The van der Waals surface area contributed by atoms with E-state index in [0.29, 0.717) is 5.92 Å². The fourth-order valence-corrected chi connectivity index (χ4v) is 1.48. The molecular weight excluding hydrogens is 178 g/mol. The van der Waals surface area contributed by atoms with Crippen molar-refractivity contribution >= 4 is 5.97 Å². The zero-order valence-corrected chi connectivity index (χ0v) is 9.71. The maximum absolute atomic E-state index is 10.9. The standard InChI is InChI=1S/C11H23NO2/c1-5-9(6-2)7-12-10(8(3)4)11(13)14/h8-10,12H,5-7H2,1-4H3,(H,13,14). The fraction of sp³-hybridized carbons (Fsp3) is 0.909. The first kappa shape index (κ1) is 13.4. The second-order valence-electron chi connectivity index (χ2n) is 4.15. The van der Waals surface area contributed by atoms with Gasteiger partial charge in [0.25, 0.3) is 0 Å². The van der Waals surface area contributed by atoms with Crippen LogP contribution in [0.15, 0.2) is 0 Å². The van der Waals surface area contributed by atoms with E-state index >= 15 is 0 Å². The van der Waals surface area contributed by atoms with Crippen molar-refractivity contribution in [2.75, 3.05) is 6.54 Å². The van der Waals surface area contributed by atoms with Crippen LogP contribution in [0.2, 0.25) is 0 Å². The van der Waals surface area contributed by atoms with Crippen molar-refractivity contribution in [3.8, 4) is 0 Å². The van der Waals surface area contributed by atoms with Gasteiger partial charge < -0.3 is 10.4 Å². The number of hydrogen-bond acceptors (Lipinski definition) is 2. The van der Waals surface area contributed by atoms with E-state index in [1.165, 1.54) is 0 Å². The summed E-state index contributed by atoms with van der Waals surface area (Å²) in [6, 6.07) is -0.407. The van der Waals surface area contributed by atoms with E-state index in [-0.39, 0.29) is 5.92 Å². The SMILES string of the molecule is CCC(CC)CNC(C(=O)O)C(C)C. The number of rotatable bonds is 7. The first-order chi connectivity index (χ1) is 6.52. The van der Waals surface area contributed by atoms with Crippen molar-refractivity contribution in [2.24, 2.45) is 11.8 Å². The van der Waals surface area contributed by atoms with Crippen LogP contribution in [0.4, 0.5) is 0 Å². The minimum absolute atomic E-state index is 0.141. The zero-order valence-electron chi connectivity index (χ0n) is 9.71. The minimum Gasteiger partial charge on any atom is -0.480 e.